The van der Waals surface area contributed by atoms with Gasteiger partial charge in [0.15, 0.2) is 0 Å². The van der Waals surface area contributed by atoms with Gasteiger partial charge in [-0.2, -0.15) is 4.31 Å². The summed E-state index contributed by atoms with van der Waals surface area (Å²) in [6, 6.07) is 14.2. The summed E-state index contributed by atoms with van der Waals surface area (Å²) < 4.78 is 32.9. The molecule has 0 aromatic heterocycles. The predicted octanol–water partition coefficient (Wildman–Crippen LogP) is 2.34. The van der Waals surface area contributed by atoms with Crippen LogP contribution < -0.4 is 5.73 Å². The SMILES string of the molecule is Cc1ccccc1C1CN(S(=O)(=O)c2ccc(N)cc2)CCO1. The molecule has 1 saturated heterocycles. The molecular formula is C17H20N2O3S. The van der Waals surface area contributed by atoms with Gasteiger partial charge in [0.25, 0.3) is 0 Å². The Balaban J connectivity index is 1.86. The summed E-state index contributed by atoms with van der Waals surface area (Å²) >= 11 is 0. The molecule has 122 valence electrons. The Morgan fingerprint density at radius 3 is 2.52 bits per heavy atom. The average Bonchev–Trinajstić information content (AvgIpc) is 2.56. The fraction of sp³-hybridized carbons (Fsp3) is 0.294. The van der Waals surface area contributed by atoms with Crippen LogP contribution in [0.25, 0.3) is 0 Å². The minimum atomic E-state index is -3.53. The van der Waals surface area contributed by atoms with E-state index in [0.29, 0.717) is 25.4 Å². The zero-order valence-electron chi connectivity index (χ0n) is 13.0. The number of hydrogen-bond acceptors (Lipinski definition) is 4. The molecule has 6 heteroatoms. The minimum Gasteiger partial charge on any atom is -0.399 e. The fourth-order valence-corrected chi connectivity index (χ4v) is 4.19. The van der Waals surface area contributed by atoms with E-state index in [2.05, 4.69) is 0 Å². The molecule has 2 aromatic carbocycles. The maximum Gasteiger partial charge on any atom is 0.243 e. The highest BCUT2D eigenvalue weighted by Crippen LogP contribution is 2.28. The zero-order chi connectivity index (χ0) is 16.4. The van der Waals surface area contributed by atoms with Crippen LogP contribution in [0.1, 0.15) is 17.2 Å². The first-order valence-corrected chi connectivity index (χ1v) is 8.95. The van der Waals surface area contributed by atoms with E-state index in [1.54, 1.807) is 24.3 Å². The van der Waals surface area contributed by atoms with Gasteiger partial charge in [-0.3, -0.25) is 0 Å². The van der Waals surface area contributed by atoms with Gasteiger partial charge >= 0.3 is 0 Å². The van der Waals surface area contributed by atoms with E-state index in [1.165, 1.54) is 4.31 Å². The molecule has 3 rings (SSSR count). The Morgan fingerprint density at radius 1 is 1.13 bits per heavy atom. The highest BCUT2D eigenvalue weighted by Gasteiger charge is 2.31. The third kappa shape index (κ3) is 3.24. The number of aryl methyl sites for hydroxylation is 1. The standard InChI is InChI=1S/C17H20N2O3S/c1-13-4-2-3-5-16(13)17-12-19(10-11-22-17)23(20,21)15-8-6-14(18)7-9-15/h2-9,17H,10-12,18H2,1H3. The van der Waals surface area contributed by atoms with Crippen LogP contribution in [0.2, 0.25) is 0 Å². The number of benzene rings is 2. The second-order valence-corrected chi connectivity index (χ2v) is 7.59. The van der Waals surface area contributed by atoms with Crippen LogP contribution in [0, 0.1) is 6.92 Å². The number of nitrogens with two attached hydrogens (primary N) is 1. The lowest BCUT2D eigenvalue weighted by Gasteiger charge is -2.33. The molecule has 0 saturated carbocycles. The van der Waals surface area contributed by atoms with Crippen molar-refractivity contribution in [1.82, 2.24) is 4.31 Å². The van der Waals surface area contributed by atoms with Crippen LogP contribution in [0.4, 0.5) is 5.69 Å². The topological polar surface area (TPSA) is 72.6 Å². The Morgan fingerprint density at radius 2 is 1.83 bits per heavy atom. The van der Waals surface area contributed by atoms with Gasteiger partial charge in [-0.05, 0) is 42.3 Å². The molecule has 0 spiro atoms. The van der Waals surface area contributed by atoms with Crippen molar-refractivity contribution in [3.63, 3.8) is 0 Å². The number of hydrogen-bond donors (Lipinski definition) is 1. The van der Waals surface area contributed by atoms with E-state index < -0.39 is 10.0 Å². The molecule has 0 amide bonds. The number of nitrogens with zero attached hydrogens (tertiary/aromatic N) is 1. The lowest BCUT2D eigenvalue weighted by atomic mass is 10.0. The van der Waals surface area contributed by atoms with Gasteiger partial charge < -0.3 is 10.5 Å². The van der Waals surface area contributed by atoms with Crippen LogP contribution in [0.5, 0.6) is 0 Å². The van der Waals surface area contributed by atoms with Gasteiger partial charge in [0.2, 0.25) is 10.0 Å². The van der Waals surface area contributed by atoms with Crippen molar-refractivity contribution in [3.8, 4) is 0 Å². The molecule has 1 fully saturated rings. The third-order valence-electron chi connectivity index (χ3n) is 4.08. The second kappa shape index (κ2) is 6.31. The first kappa shape index (κ1) is 16.0. The summed E-state index contributed by atoms with van der Waals surface area (Å²) in [7, 11) is -3.53. The summed E-state index contributed by atoms with van der Waals surface area (Å²) in [5.74, 6) is 0. The van der Waals surface area contributed by atoms with Gasteiger partial charge in [0.1, 0.15) is 0 Å². The van der Waals surface area contributed by atoms with E-state index in [0.717, 1.165) is 11.1 Å². The maximum absolute atomic E-state index is 12.8. The van der Waals surface area contributed by atoms with Crippen LogP contribution in [-0.2, 0) is 14.8 Å². The molecule has 0 radical (unpaired) electrons. The van der Waals surface area contributed by atoms with Gasteiger partial charge in [-0.25, -0.2) is 8.42 Å². The van der Waals surface area contributed by atoms with Crippen molar-refractivity contribution in [2.24, 2.45) is 0 Å². The molecule has 0 bridgehead atoms. The van der Waals surface area contributed by atoms with E-state index in [4.69, 9.17) is 10.5 Å². The van der Waals surface area contributed by atoms with E-state index >= 15 is 0 Å². The largest absolute Gasteiger partial charge is 0.399 e. The Kier molecular flexibility index (Phi) is 4.39. The van der Waals surface area contributed by atoms with Crippen LogP contribution in [-0.4, -0.2) is 32.4 Å². The van der Waals surface area contributed by atoms with Crippen molar-refractivity contribution in [2.75, 3.05) is 25.4 Å². The molecule has 23 heavy (non-hydrogen) atoms. The Bertz CT molecular complexity index is 788. The second-order valence-electron chi connectivity index (χ2n) is 5.65. The Hall–Kier alpha value is -1.89. The first-order valence-electron chi connectivity index (χ1n) is 7.51. The van der Waals surface area contributed by atoms with Crippen molar-refractivity contribution >= 4 is 15.7 Å². The van der Waals surface area contributed by atoms with Crippen LogP contribution in [0.15, 0.2) is 53.4 Å². The van der Waals surface area contributed by atoms with E-state index in [9.17, 15) is 8.42 Å². The van der Waals surface area contributed by atoms with Crippen molar-refractivity contribution in [3.05, 3.63) is 59.7 Å². The molecule has 0 aliphatic carbocycles. The molecule has 1 unspecified atom stereocenters. The lowest BCUT2D eigenvalue weighted by Crippen LogP contribution is -2.42. The monoisotopic (exact) mass is 332 g/mol. The van der Waals surface area contributed by atoms with E-state index in [-0.39, 0.29) is 11.0 Å². The summed E-state index contributed by atoms with van der Waals surface area (Å²) in [4.78, 5) is 0.261. The Labute approximate surface area is 136 Å². The quantitative estimate of drug-likeness (QED) is 0.876. The summed E-state index contributed by atoms with van der Waals surface area (Å²) in [5, 5.41) is 0. The average molecular weight is 332 g/mol. The molecule has 2 aromatic rings. The number of nitrogen functional groups attached to an aromatic ring is 1. The van der Waals surface area contributed by atoms with Crippen molar-refractivity contribution in [2.45, 2.75) is 17.9 Å². The molecule has 1 aliphatic heterocycles. The van der Waals surface area contributed by atoms with Gasteiger partial charge in [-0.1, -0.05) is 24.3 Å². The molecule has 1 heterocycles. The molecular weight excluding hydrogens is 312 g/mol. The number of anilines is 1. The lowest BCUT2D eigenvalue weighted by molar-refractivity contribution is -0.00288. The normalized spacial score (nSPS) is 19.6. The van der Waals surface area contributed by atoms with E-state index in [1.807, 2.05) is 31.2 Å². The first-order chi connectivity index (χ1) is 11.0. The third-order valence-corrected chi connectivity index (χ3v) is 5.96. The summed E-state index contributed by atoms with van der Waals surface area (Å²) in [6.07, 6.45) is -0.242. The van der Waals surface area contributed by atoms with Gasteiger partial charge in [-0.15, -0.1) is 0 Å². The summed E-state index contributed by atoms with van der Waals surface area (Å²) in [6.45, 7) is 3.06. The molecule has 1 aliphatic rings. The minimum absolute atomic E-state index is 0.242. The number of sulfonamides is 1. The van der Waals surface area contributed by atoms with Crippen molar-refractivity contribution in [1.29, 1.82) is 0 Å². The summed E-state index contributed by atoms with van der Waals surface area (Å²) in [5.41, 5.74) is 8.31. The van der Waals surface area contributed by atoms with Crippen molar-refractivity contribution < 1.29 is 13.2 Å². The number of rotatable bonds is 3. The zero-order valence-corrected chi connectivity index (χ0v) is 13.8. The number of ether oxygens (including phenoxy) is 1. The molecule has 2 N–H and O–H groups in total. The smallest absolute Gasteiger partial charge is 0.243 e. The molecule has 1 atom stereocenters. The van der Waals surface area contributed by atoms with Gasteiger partial charge in [0.05, 0.1) is 17.6 Å². The van der Waals surface area contributed by atoms with Gasteiger partial charge in [0, 0.05) is 18.8 Å². The fourth-order valence-electron chi connectivity index (χ4n) is 2.77. The number of morpholine rings is 1. The van der Waals surface area contributed by atoms with Crippen LogP contribution in [0.3, 0.4) is 0 Å². The molecule has 5 nitrogen and oxygen atoms in total. The highest BCUT2D eigenvalue weighted by atomic mass is 32.2. The predicted molar refractivity (Wildman–Crippen MR) is 89.5 cm³/mol. The van der Waals surface area contributed by atoms with Crippen LogP contribution >= 0.6 is 0 Å². The highest BCUT2D eigenvalue weighted by molar-refractivity contribution is 7.89. The maximum atomic E-state index is 12.8.